The smallest absolute Gasteiger partial charge is 0.342 e. The summed E-state index contributed by atoms with van der Waals surface area (Å²) in [4.78, 5) is 25.4. The van der Waals surface area contributed by atoms with Crippen molar-refractivity contribution in [1.82, 2.24) is 20.1 Å². The van der Waals surface area contributed by atoms with Gasteiger partial charge in [-0.1, -0.05) is 55.4 Å². The molecule has 3 aromatic rings. The standard InChI is InChI=1S/C25H27ClF3N5O2S/c1-4-34-22(20(12-15(2)3)31-23(36)18-10-5-6-11-19(18)26)32-33-24(34)37-14-21(35)30-17-9-7-8-16(13-17)25(27,28)29/h5-11,13,15,20H,4,12,14H2,1-3H3,(H,30,35)(H,31,36)/t20-/m1/s1. The highest BCUT2D eigenvalue weighted by Crippen LogP contribution is 2.31. The second-order valence-electron chi connectivity index (χ2n) is 8.64. The number of hydrogen-bond acceptors (Lipinski definition) is 5. The quantitative estimate of drug-likeness (QED) is 0.291. The van der Waals surface area contributed by atoms with Crippen molar-refractivity contribution in [2.45, 2.75) is 51.1 Å². The van der Waals surface area contributed by atoms with E-state index < -0.39 is 23.7 Å². The number of thioether (sulfide) groups is 1. The molecule has 12 heteroatoms. The normalized spacial score (nSPS) is 12.4. The Morgan fingerprint density at radius 3 is 2.49 bits per heavy atom. The van der Waals surface area contributed by atoms with E-state index in [2.05, 4.69) is 20.8 Å². The Morgan fingerprint density at radius 2 is 1.84 bits per heavy atom. The summed E-state index contributed by atoms with van der Waals surface area (Å²) >= 11 is 7.29. The largest absolute Gasteiger partial charge is 0.416 e. The molecule has 0 aliphatic heterocycles. The molecule has 0 saturated heterocycles. The zero-order valence-electron chi connectivity index (χ0n) is 20.5. The van der Waals surface area contributed by atoms with Crippen molar-refractivity contribution in [3.8, 4) is 0 Å². The first-order chi connectivity index (χ1) is 17.5. The molecule has 0 saturated carbocycles. The Morgan fingerprint density at radius 1 is 1.11 bits per heavy atom. The van der Waals surface area contributed by atoms with Crippen molar-refractivity contribution < 1.29 is 22.8 Å². The van der Waals surface area contributed by atoms with E-state index in [1.54, 1.807) is 24.3 Å². The maximum atomic E-state index is 12.9. The highest BCUT2D eigenvalue weighted by Gasteiger charge is 2.30. The van der Waals surface area contributed by atoms with Gasteiger partial charge in [-0.2, -0.15) is 13.2 Å². The van der Waals surface area contributed by atoms with E-state index in [1.165, 1.54) is 12.1 Å². The highest BCUT2D eigenvalue weighted by molar-refractivity contribution is 7.99. The SMILES string of the molecule is CCn1c(SCC(=O)Nc2cccc(C(F)(F)F)c2)nnc1[C@@H](CC(C)C)NC(=O)c1ccccc1Cl. The molecular weight excluding hydrogens is 527 g/mol. The molecule has 0 radical (unpaired) electrons. The molecule has 0 aliphatic carbocycles. The third-order valence-corrected chi connectivity index (χ3v) is 6.61. The molecular formula is C25H27ClF3N5O2S. The van der Waals surface area contributed by atoms with Gasteiger partial charge in [0.2, 0.25) is 5.91 Å². The van der Waals surface area contributed by atoms with Gasteiger partial charge in [-0.05, 0) is 49.6 Å². The van der Waals surface area contributed by atoms with Gasteiger partial charge in [0.05, 0.1) is 27.9 Å². The number of aromatic nitrogens is 3. The average Bonchev–Trinajstić information content (AvgIpc) is 3.25. The van der Waals surface area contributed by atoms with Crippen LogP contribution in [0.15, 0.2) is 53.7 Å². The number of rotatable bonds is 10. The summed E-state index contributed by atoms with van der Waals surface area (Å²) in [6.45, 7) is 6.42. The number of halogens is 4. The summed E-state index contributed by atoms with van der Waals surface area (Å²) in [7, 11) is 0. The van der Waals surface area contributed by atoms with Gasteiger partial charge in [-0.25, -0.2) is 0 Å². The van der Waals surface area contributed by atoms with Crippen LogP contribution < -0.4 is 10.6 Å². The van der Waals surface area contributed by atoms with E-state index in [1.807, 2.05) is 25.3 Å². The van der Waals surface area contributed by atoms with Crippen LogP contribution in [0, 0.1) is 5.92 Å². The number of anilines is 1. The summed E-state index contributed by atoms with van der Waals surface area (Å²) < 4.78 is 40.6. The average molecular weight is 554 g/mol. The van der Waals surface area contributed by atoms with Crippen molar-refractivity contribution in [2.24, 2.45) is 5.92 Å². The molecule has 2 N–H and O–H groups in total. The zero-order chi connectivity index (χ0) is 27.2. The summed E-state index contributed by atoms with van der Waals surface area (Å²) in [5.74, 6) is -0.140. The van der Waals surface area contributed by atoms with Crippen molar-refractivity contribution in [1.29, 1.82) is 0 Å². The second kappa shape index (κ2) is 12.5. The molecule has 1 heterocycles. The third kappa shape index (κ3) is 7.72. The number of nitrogens with zero attached hydrogens (tertiary/aromatic N) is 3. The lowest BCUT2D eigenvalue weighted by Crippen LogP contribution is -2.31. The summed E-state index contributed by atoms with van der Waals surface area (Å²) in [6.07, 6.45) is -3.91. The van der Waals surface area contributed by atoms with E-state index in [4.69, 9.17) is 11.6 Å². The van der Waals surface area contributed by atoms with Crippen LogP contribution in [0.1, 0.15) is 55.0 Å². The van der Waals surface area contributed by atoms with Crippen LogP contribution in [-0.4, -0.2) is 32.3 Å². The molecule has 0 bridgehead atoms. The minimum atomic E-state index is -4.50. The van der Waals surface area contributed by atoms with E-state index in [0.29, 0.717) is 34.5 Å². The van der Waals surface area contributed by atoms with E-state index in [-0.39, 0.29) is 23.3 Å². The van der Waals surface area contributed by atoms with Crippen molar-refractivity contribution in [3.63, 3.8) is 0 Å². The first-order valence-electron chi connectivity index (χ1n) is 11.6. The van der Waals surface area contributed by atoms with Crippen LogP contribution in [-0.2, 0) is 17.5 Å². The molecule has 0 unspecified atom stereocenters. The van der Waals surface area contributed by atoms with Gasteiger partial charge >= 0.3 is 6.18 Å². The zero-order valence-corrected chi connectivity index (χ0v) is 22.0. The fourth-order valence-corrected chi connectivity index (χ4v) is 4.67. The lowest BCUT2D eigenvalue weighted by Gasteiger charge is -2.21. The monoisotopic (exact) mass is 553 g/mol. The maximum absolute atomic E-state index is 12.9. The number of alkyl halides is 3. The molecule has 2 aromatic carbocycles. The minimum Gasteiger partial charge on any atom is -0.342 e. The van der Waals surface area contributed by atoms with Crippen LogP contribution in [0.2, 0.25) is 5.02 Å². The van der Waals surface area contributed by atoms with Crippen LogP contribution in [0.5, 0.6) is 0 Å². The highest BCUT2D eigenvalue weighted by atomic mass is 35.5. The predicted molar refractivity (Wildman–Crippen MR) is 138 cm³/mol. The number of carbonyl (C=O) groups excluding carboxylic acids is 2. The number of hydrogen-bond donors (Lipinski definition) is 2. The van der Waals surface area contributed by atoms with Gasteiger partial charge in [-0.15, -0.1) is 10.2 Å². The lowest BCUT2D eigenvalue weighted by molar-refractivity contribution is -0.137. The molecule has 7 nitrogen and oxygen atoms in total. The van der Waals surface area contributed by atoms with Gasteiger partial charge < -0.3 is 15.2 Å². The minimum absolute atomic E-state index is 0.0531. The van der Waals surface area contributed by atoms with Gasteiger partial charge in [0, 0.05) is 12.2 Å². The molecule has 37 heavy (non-hydrogen) atoms. The first kappa shape index (κ1) is 28.5. The summed E-state index contributed by atoms with van der Waals surface area (Å²) in [5, 5.41) is 14.8. The van der Waals surface area contributed by atoms with Crippen LogP contribution in [0.25, 0.3) is 0 Å². The Labute approximate surface area is 222 Å². The van der Waals surface area contributed by atoms with Crippen molar-refractivity contribution in [3.05, 3.63) is 70.5 Å². The topological polar surface area (TPSA) is 88.9 Å². The fraction of sp³-hybridized carbons (Fsp3) is 0.360. The number of carbonyl (C=O) groups is 2. The Hall–Kier alpha value is -3.05. The van der Waals surface area contributed by atoms with Crippen molar-refractivity contribution in [2.75, 3.05) is 11.1 Å². The van der Waals surface area contributed by atoms with E-state index in [9.17, 15) is 22.8 Å². The molecule has 0 aliphatic rings. The predicted octanol–water partition coefficient (Wildman–Crippen LogP) is 6.22. The number of amides is 2. The maximum Gasteiger partial charge on any atom is 0.416 e. The number of benzene rings is 2. The van der Waals surface area contributed by atoms with Crippen LogP contribution in [0.4, 0.5) is 18.9 Å². The van der Waals surface area contributed by atoms with Gasteiger partial charge in [-0.3, -0.25) is 9.59 Å². The van der Waals surface area contributed by atoms with Gasteiger partial charge in [0.1, 0.15) is 0 Å². The van der Waals surface area contributed by atoms with Gasteiger partial charge in [0.25, 0.3) is 5.91 Å². The third-order valence-electron chi connectivity index (χ3n) is 5.31. The van der Waals surface area contributed by atoms with E-state index in [0.717, 1.165) is 23.9 Å². The molecule has 198 valence electrons. The first-order valence-corrected chi connectivity index (χ1v) is 12.9. The number of nitrogens with one attached hydrogen (secondary N) is 2. The Balaban J connectivity index is 1.73. The lowest BCUT2D eigenvalue weighted by atomic mass is 10.0. The Kier molecular flexibility index (Phi) is 9.61. The molecule has 0 spiro atoms. The van der Waals surface area contributed by atoms with Crippen LogP contribution >= 0.6 is 23.4 Å². The molecule has 2 amide bonds. The Bertz CT molecular complexity index is 1250. The molecule has 1 aromatic heterocycles. The molecule has 1 atom stereocenters. The van der Waals surface area contributed by atoms with Crippen molar-refractivity contribution >= 4 is 40.9 Å². The second-order valence-corrected chi connectivity index (χ2v) is 9.99. The molecule has 0 fully saturated rings. The summed E-state index contributed by atoms with van der Waals surface area (Å²) in [5.41, 5.74) is -0.443. The fourth-order valence-electron chi connectivity index (χ4n) is 3.64. The van der Waals surface area contributed by atoms with E-state index >= 15 is 0 Å². The summed E-state index contributed by atoms with van der Waals surface area (Å²) in [6, 6.07) is 10.7. The molecule has 3 rings (SSSR count). The van der Waals surface area contributed by atoms with Gasteiger partial charge in [0.15, 0.2) is 11.0 Å². The van der Waals surface area contributed by atoms with Crippen LogP contribution in [0.3, 0.4) is 0 Å².